The fourth-order valence-electron chi connectivity index (χ4n) is 2.21. The molecule has 1 unspecified atom stereocenters. The summed E-state index contributed by atoms with van der Waals surface area (Å²) in [4.78, 5) is 0. The summed E-state index contributed by atoms with van der Waals surface area (Å²) in [5, 5.41) is 4.27. The second-order valence-electron chi connectivity index (χ2n) is 4.11. The molecule has 4 nitrogen and oxygen atoms in total. The maximum atomic E-state index is 11.4. The van der Waals surface area contributed by atoms with Gasteiger partial charge in [0.2, 0.25) is 0 Å². The van der Waals surface area contributed by atoms with E-state index >= 15 is 0 Å². The second kappa shape index (κ2) is 4.37. The molecule has 1 aromatic heterocycles. The van der Waals surface area contributed by atoms with Crippen molar-refractivity contribution in [1.82, 2.24) is 9.78 Å². The quantitative estimate of drug-likeness (QED) is 0.777. The van der Waals surface area contributed by atoms with Crippen LogP contribution in [0.15, 0.2) is 6.20 Å². The highest BCUT2D eigenvalue weighted by Gasteiger charge is 2.31. The molecule has 1 aliphatic rings. The summed E-state index contributed by atoms with van der Waals surface area (Å²) >= 11 is 5.82. The molecular weight excluding hydrogens is 248 g/mol. The summed E-state index contributed by atoms with van der Waals surface area (Å²) < 4.78 is 24.7. The van der Waals surface area contributed by atoms with Crippen LogP contribution in [0.4, 0.5) is 0 Å². The van der Waals surface area contributed by atoms with E-state index < -0.39 is 9.84 Å². The molecule has 0 spiro atoms. The Morgan fingerprint density at radius 1 is 1.62 bits per heavy atom. The van der Waals surface area contributed by atoms with Crippen LogP contribution in [0.25, 0.3) is 0 Å². The van der Waals surface area contributed by atoms with E-state index in [9.17, 15) is 8.42 Å². The fourth-order valence-corrected chi connectivity index (χ4v) is 4.12. The van der Waals surface area contributed by atoms with Gasteiger partial charge in [0.15, 0.2) is 9.84 Å². The van der Waals surface area contributed by atoms with Gasteiger partial charge in [0.25, 0.3) is 0 Å². The van der Waals surface area contributed by atoms with Crippen molar-refractivity contribution in [2.24, 2.45) is 0 Å². The Labute approximate surface area is 101 Å². The minimum absolute atomic E-state index is 0.00285. The van der Waals surface area contributed by atoms with E-state index in [-0.39, 0.29) is 17.5 Å². The van der Waals surface area contributed by atoms with Gasteiger partial charge >= 0.3 is 0 Å². The van der Waals surface area contributed by atoms with Gasteiger partial charge in [-0.3, -0.25) is 4.68 Å². The molecule has 1 saturated heterocycles. The molecule has 1 fully saturated rings. The van der Waals surface area contributed by atoms with Gasteiger partial charge in [0, 0.05) is 11.3 Å². The number of aromatic nitrogens is 2. The third-order valence-corrected chi connectivity index (χ3v) is 5.06. The SMILES string of the molecule is CCc1c(CCl)cnn1C1CCS(=O)(=O)C1. The van der Waals surface area contributed by atoms with E-state index in [0.717, 1.165) is 17.7 Å². The third kappa shape index (κ3) is 2.11. The first-order chi connectivity index (χ1) is 7.57. The van der Waals surface area contributed by atoms with E-state index in [1.165, 1.54) is 0 Å². The zero-order valence-electron chi connectivity index (χ0n) is 9.19. The molecule has 90 valence electrons. The molecule has 16 heavy (non-hydrogen) atoms. The normalized spacial score (nSPS) is 23.8. The lowest BCUT2D eigenvalue weighted by Crippen LogP contribution is -2.15. The molecule has 1 aromatic rings. The lowest BCUT2D eigenvalue weighted by atomic mass is 10.2. The van der Waals surface area contributed by atoms with E-state index in [2.05, 4.69) is 5.10 Å². The van der Waals surface area contributed by atoms with Gasteiger partial charge in [-0.05, 0) is 12.8 Å². The topological polar surface area (TPSA) is 52.0 Å². The maximum Gasteiger partial charge on any atom is 0.152 e. The summed E-state index contributed by atoms with van der Waals surface area (Å²) in [6, 6.07) is -0.00285. The Hall–Kier alpha value is -0.550. The zero-order valence-corrected chi connectivity index (χ0v) is 10.8. The van der Waals surface area contributed by atoms with E-state index in [1.54, 1.807) is 6.20 Å². The largest absolute Gasteiger partial charge is 0.265 e. The predicted molar refractivity (Wildman–Crippen MR) is 63.5 cm³/mol. The fraction of sp³-hybridized carbons (Fsp3) is 0.700. The average molecular weight is 263 g/mol. The number of alkyl halides is 1. The average Bonchev–Trinajstić information content (AvgIpc) is 2.80. The van der Waals surface area contributed by atoms with Gasteiger partial charge in [0.05, 0.1) is 29.6 Å². The maximum absolute atomic E-state index is 11.4. The van der Waals surface area contributed by atoms with E-state index in [1.807, 2.05) is 11.6 Å². The van der Waals surface area contributed by atoms with Gasteiger partial charge in [-0.25, -0.2) is 8.42 Å². The van der Waals surface area contributed by atoms with Crippen LogP contribution in [0.2, 0.25) is 0 Å². The molecule has 0 bridgehead atoms. The van der Waals surface area contributed by atoms with Crippen LogP contribution in [0, 0.1) is 0 Å². The number of rotatable bonds is 3. The first-order valence-electron chi connectivity index (χ1n) is 5.39. The van der Waals surface area contributed by atoms with Gasteiger partial charge in [0.1, 0.15) is 0 Å². The van der Waals surface area contributed by atoms with E-state index in [4.69, 9.17) is 11.6 Å². The first kappa shape index (κ1) is 11.9. The molecule has 0 aromatic carbocycles. The second-order valence-corrected chi connectivity index (χ2v) is 6.60. The summed E-state index contributed by atoms with van der Waals surface area (Å²) in [6.07, 6.45) is 3.24. The number of nitrogens with zero attached hydrogens (tertiary/aromatic N) is 2. The van der Waals surface area contributed by atoms with E-state index in [0.29, 0.717) is 12.3 Å². The number of sulfone groups is 1. The van der Waals surface area contributed by atoms with Crippen molar-refractivity contribution in [3.05, 3.63) is 17.5 Å². The molecule has 1 atom stereocenters. The molecule has 0 saturated carbocycles. The summed E-state index contributed by atoms with van der Waals surface area (Å²) in [6.45, 7) is 2.03. The highest BCUT2D eigenvalue weighted by Crippen LogP contribution is 2.26. The Morgan fingerprint density at radius 3 is 2.88 bits per heavy atom. The Balaban J connectivity index is 2.31. The van der Waals surface area contributed by atoms with Crippen molar-refractivity contribution in [2.75, 3.05) is 11.5 Å². The van der Waals surface area contributed by atoms with Crippen LogP contribution in [0.5, 0.6) is 0 Å². The zero-order chi connectivity index (χ0) is 11.8. The lowest BCUT2D eigenvalue weighted by Gasteiger charge is -2.12. The highest BCUT2D eigenvalue weighted by molar-refractivity contribution is 7.91. The van der Waals surface area contributed by atoms with Crippen LogP contribution < -0.4 is 0 Å². The Bertz CT molecular complexity index is 481. The van der Waals surface area contributed by atoms with Crippen LogP contribution in [-0.2, 0) is 22.1 Å². The molecule has 0 amide bonds. The molecule has 6 heteroatoms. The monoisotopic (exact) mass is 262 g/mol. The van der Waals surface area contributed by atoms with Crippen molar-refractivity contribution in [1.29, 1.82) is 0 Å². The number of hydrogen-bond donors (Lipinski definition) is 0. The number of halogens is 1. The summed E-state index contributed by atoms with van der Waals surface area (Å²) in [5.74, 6) is 0.920. The Morgan fingerprint density at radius 2 is 2.38 bits per heavy atom. The van der Waals surface area contributed by atoms with Crippen molar-refractivity contribution in [2.45, 2.75) is 31.7 Å². The highest BCUT2D eigenvalue weighted by atomic mass is 35.5. The van der Waals surface area contributed by atoms with Crippen LogP contribution in [-0.4, -0.2) is 29.7 Å². The lowest BCUT2D eigenvalue weighted by molar-refractivity contribution is 0.481. The molecular formula is C10H15ClN2O2S. The van der Waals surface area contributed by atoms with Crippen molar-refractivity contribution in [3.63, 3.8) is 0 Å². The van der Waals surface area contributed by atoms with Gasteiger partial charge in [-0.2, -0.15) is 5.10 Å². The minimum Gasteiger partial charge on any atom is -0.265 e. The van der Waals surface area contributed by atoms with Crippen LogP contribution >= 0.6 is 11.6 Å². The molecule has 0 radical (unpaired) electrons. The standard InChI is InChI=1S/C10H15ClN2O2S/c1-2-10-8(5-11)6-12-13(10)9-3-4-16(14,15)7-9/h6,9H,2-5,7H2,1H3. The van der Waals surface area contributed by atoms with Crippen molar-refractivity contribution < 1.29 is 8.42 Å². The van der Waals surface area contributed by atoms with Gasteiger partial charge in [-0.1, -0.05) is 6.92 Å². The molecule has 2 heterocycles. The van der Waals surface area contributed by atoms with Gasteiger partial charge < -0.3 is 0 Å². The van der Waals surface area contributed by atoms with Crippen LogP contribution in [0.1, 0.15) is 30.6 Å². The predicted octanol–water partition coefficient (Wildman–Crippen LogP) is 1.54. The molecule has 1 aliphatic heterocycles. The van der Waals surface area contributed by atoms with Gasteiger partial charge in [-0.15, -0.1) is 11.6 Å². The third-order valence-electron chi connectivity index (χ3n) is 3.02. The Kier molecular flexibility index (Phi) is 3.26. The number of hydrogen-bond acceptors (Lipinski definition) is 3. The molecule has 0 N–H and O–H groups in total. The molecule has 0 aliphatic carbocycles. The smallest absolute Gasteiger partial charge is 0.152 e. The van der Waals surface area contributed by atoms with Crippen LogP contribution in [0.3, 0.4) is 0 Å². The summed E-state index contributed by atoms with van der Waals surface area (Å²) in [7, 11) is -2.86. The first-order valence-corrected chi connectivity index (χ1v) is 7.74. The van der Waals surface area contributed by atoms with Crippen molar-refractivity contribution >= 4 is 21.4 Å². The summed E-state index contributed by atoms with van der Waals surface area (Å²) in [5.41, 5.74) is 2.07. The minimum atomic E-state index is -2.86. The molecule has 2 rings (SSSR count). The van der Waals surface area contributed by atoms with Crippen molar-refractivity contribution in [3.8, 4) is 0 Å².